The fraction of sp³-hybridized carbons (Fsp3) is 0.947. The molecule has 0 atom stereocenters. The average molecular weight is 435 g/mol. The molecule has 0 aromatic carbocycles. The fourth-order valence-corrected chi connectivity index (χ4v) is 5.72. The van der Waals surface area contributed by atoms with E-state index < -0.39 is 0 Å². The molecule has 0 unspecified atom stereocenters. The van der Waals surface area contributed by atoms with Gasteiger partial charge in [0.15, 0.2) is 0 Å². The Morgan fingerprint density at radius 3 is 2.00 bits per heavy atom. The van der Waals surface area contributed by atoms with E-state index in [0.29, 0.717) is 18.3 Å². The summed E-state index contributed by atoms with van der Waals surface area (Å²) < 4.78 is 7.23. The summed E-state index contributed by atoms with van der Waals surface area (Å²) in [6, 6.07) is 0. The van der Waals surface area contributed by atoms with Gasteiger partial charge in [-0.15, -0.1) is 0 Å². The second-order valence-corrected chi connectivity index (χ2v) is 9.20. The first kappa shape index (κ1) is 19.5. The predicted octanol–water partition coefficient (Wildman–Crippen LogP) is 0.625. The maximum atomic E-state index is 12.1. The number of hydrogen-bond donors (Lipinski definition) is 0. The molecule has 4 aliphatic carbocycles. The van der Waals surface area contributed by atoms with Gasteiger partial charge >= 0.3 is 5.97 Å². The highest BCUT2D eigenvalue weighted by molar-refractivity contribution is 5.69. The van der Waals surface area contributed by atoms with Crippen LogP contribution in [0.3, 0.4) is 0 Å². The number of carbonyl (C=O) groups is 1. The van der Waals surface area contributed by atoms with Crippen molar-refractivity contribution in [1.82, 2.24) is 0 Å². The molecule has 4 aliphatic rings. The Bertz CT molecular complexity index is 402. The molecule has 0 radical (unpaired) electrons. The zero-order valence-corrected chi connectivity index (χ0v) is 17.5. The lowest BCUT2D eigenvalue weighted by Crippen LogP contribution is -3.00. The molecule has 4 heteroatoms. The third-order valence-electron chi connectivity index (χ3n) is 6.51. The minimum absolute atomic E-state index is 0. The van der Waals surface area contributed by atoms with Gasteiger partial charge < -0.3 is 33.2 Å². The van der Waals surface area contributed by atoms with E-state index in [9.17, 15) is 4.79 Å². The summed E-state index contributed by atoms with van der Waals surface area (Å²) in [5.41, 5.74) is -0.115. The van der Waals surface area contributed by atoms with E-state index >= 15 is 0 Å². The highest BCUT2D eigenvalue weighted by Crippen LogP contribution is 2.61. The van der Waals surface area contributed by atoms with Crippen LogP contribution in [0, 0.1) is 23.7 Å². The summed E-state index contributed by atoms with van der Waals surface area (Å²) in [6.07, 6.45) is 9.48. The molecule has 0 aromatic rings. The Hall–Kier alpha value is 0.160. The molecule has 4 saturated carbocycles. The summed E-state index contributed by atoms with van der Waals surface area (Å²) in [6.45, 7) is 3.09. The van der Waals surface area contributed by atoms with Crippen molar-refractivity contribution in [3.63, 3.8) is 0 Å². The van der Waals surface area contributed by atoms with Gasteiger partial charge in [-0.05, 0) is 62.2 Å². The van der Waals surface area contributed by atoms with Crippen LogP contribution in [0.25, 0.3) is 0 Å². The van der Waals surface area contributed by atoms with E-state index in [1.807, 2.05) is 6.92 Å². The first-order chi connectivity index (χ1) is 10.3. The van der Waals surface area contributed by atoms with Gasteiger partial charge in [-0.25, -0.2) is 0 Å². The number of esters is 1. The normalized spacial score (nSPS) is 38.3. The van der Waals surface area contributed by atoms with Gasteiger partial charge in [0.25, 0.3) is 0 Å². The zero-order chi connectivity index (χ0) is 16.0. The Kier molecular flexibility index (Phi) is 6.09. The first-order valence-electron chi connectivity index (χ1n) is 9.34. The van der Waals surface area contributed by atoms with Gasteiger partial charge in [0.1, 0.15) is 5.60 Å². The maximum absolute atomic E-state index is 12.1. The van der Waals surface area contributed by atoms with Crippen LogP contribution < -0.4 is 24.0 Å². The second kappa shape index (κ2) is 7.19. The van der Waals surface area contributed by atoms with E-state index in [2.05, 4.69) is 21.1 Å². The molecule has 0 amide bonds. The standard InChI is InChI=1S/C19H34NO2.HI/c1-5-18(21)22-19(7-6-8-20(2,3)4)16-10-14-9-15(12-16)13-17(19)11-14;/h14-17H,5-13H2,1-4H3;1H/q+1;/p-1. The highest BCUT2D eigenvalue weighted by Gasteiger charge is 2.59. The van der Waals surface area contributed by atoms with E-state index in [4.69, 9.17) is 4.74 Å². The van der Waals surface area contributed by atoms with Crippen molar-refractivity contribution in [3.05, 3.63) is 0 Å². The van der Waals surface area contributed by atoms with Gasteiger partial charge in [0.05, 0.1) is 27.7 Å². The lowest BCUT2D eigenvalue weighted by Gasteiger charge is -2.60. The summed E-state index contributed by atoms with van der Waals surface area (Å²) in [5, 5.41) is 0. The number of halogens is 1. The Morgan fingerprint density at radius 1 is 1.04 bits per heavy atom. The van der Waals surface area contributed by atoms with Crippen molar-refractivity contribution in [2.24, 2.45) is 23.7 Å². The van der Waals surface area contributed by atoms with Gasteiger partial charge in [-0.2, -0.15) is 0 Å². The molecule has 134 valence electrons. The van der Waals surface area contributed by atoms with Crippen LogP contribution in [0.5, 0.6) is 0 Å². The predicted molar refractivity (Wildman–Crippen MR) is 88.3 cm³/mol. The topological polar surface area (TPSA) is 26.3 Å². The molecule has 0 aromatic heterocycles. The lowest BCUT2D eigenvalue weighted by atomic mass is 9.49. The zero-order valence-electron chi connectivity index (χ0n) is 15.3. The molecule has 0 spiro atoms. The third-order valence-corrected chi connectivity index (χ3v) is 6.51. The fourth-order valence-electron chi connectivity index (χ4n) is 5.72. The second-order valence-electron chi connectivity index (χ2n) is 9.20. The van der Waals surface area contributed by atoms with Crippen LogP contribution in [0.15, 0.2) is 0 Å². The molecule has 3 nitrogen and oxygen atoms in total. The van der Waals surface area contributed by atoms with Crippen molar-refractivity contribution in [1.29, 1.82) is 0 Å². The van der Waals surface area contributed by atoms with Crippen molar-refractivity contribution in [2.75, 3.05) is 27.7 Å². The third kappa shape index (κ3) is 4.05. The van der Waals surface area contributed by atoms with E-state index in [1.54, 1.807) is 0 Å². The van der Waals surface area contributed by atoms with Crippen molar-refractivity contribution in [3.8, 4) is 0 Å². The molecular weight excluding hydrogens is 401 g/mol. The van der Waals surface area contributed by atoms with Crippen molar-refractivity contribution in [2.45, 2.75) is 63.9 Å². The van der Waals surface area contributed by atoms with Crippen LogP contribution in [-0.4, -0.2) is 43.7 Å². The largest absolute Gasteiger partial charge is 1.00 e. The summed E-state index contributed by atoms with van der Waals surface area (Å²) in [5.74, 6) is 3.17. The highest BCUT2D eigenvalue weighted by atomic mass is 127. The average Bonchev–Trinajstić information content (AvgIpc) is 2.42. The van der Waals surface area contributed by atoms with Crippen molar-refractivity contribution < 1.29 is 38.0 Å². The number of carbonyl (C=O) groups excluding carboxylic acids is 1. The number of nitrogens with zero attached hydrogens (tertiary/aromatic N) is 1. The molecule has 4 bridgehead atoms. The van der Waals surface area contributed by atoms with Crippen LogP contribution in [0.1, 0.15) is 58.3 Å². The molecule has 4 fully saturated rings. The minimum atomic E-state index is -0.115. The molecule has 0 aliphatic heterocycles. The van der Waals surface area contributed by atoms with E-state index in [1.165, 1.54) is 38.5 Å². The molecule has 0 heterocycles. The van der Waals surface area contributed by atoms with Gasteiger partial charge in [-0.3, -0.25) is 4.79 Å². The van der Waals surface area contributed by atoms with Crippen LogP contribution in [0.2, 0.25) is 0 Å². The molecule has 23 heavy (non-hydrogen) atoms. The number of hydrogen-bond acceptors (Lipinski definition) is 2. The van der Waals surface area contributed by atoms with Crippen LogP contribution in [0.4, 0.5) is 0 Å². The first-order valence-corrected chi connectivity index (χ1v) is 9.34. The quantitative estimate of drug-likeness (QED) is 0.348. The molecule has 4 rings (SSSR count). The smallest absolute Gasteiger partial charge is 0.306 e. The van der Waals surface area contributed by atoms with Crippen LogP contribution in [-0.2, 0) is 9.53 Å². The molecule has 0 saturated heterocycles. The van der Waals surface area contributed by atoms with Gasteiger partial charge in [0, 0.05) is 12.8 Å². The lowest BCUT2D eigenvalue weighted by molar-refractivity contribution is -0.870. The summed E-state index contributed by atoms with van der Waals surface area (Å²) in [7, 11) is 6.75. The Morgan fingerprint density at radius 2 is 1.57 bits per heavy atom. The van der Waals surface area contributed by atoms with E-state index in [-0.39, 0.29) is 35.5 Å². The Labute approximate surface area is 159 Å². The Balaban J connectivity index is 0.00000192. The summed E-state index contributed by atoms with van der Waals surface area (Å²) >= 11 is 0. The minimum Gasteiger partial charge on any atom is -1.00 e. The van der Waals surface area contributed by atoms with Gasteiger partial charge in [-0.1, -0.05) is 6.92 Å². The molecule has 0 N–H and O–H groups in total. The van der Waals surface area contributed by atoms with Crippen molar-refractivity contribution >= 4 is 5.97 Å². The summed E-state index contributed by atoms with van der Waals surface area (Å²) in [4.78, 5) is 12.1. The van der Waals surface area contributed by atoms with Gasteiger partial charge in [0.2, 0.25) is 0 Å². The molecular formula is C19H34INO2. The number of quaternary nitrogens is 1. The maximum Gasteiger partial charge on any atom is 0.306 e. The monoisotopic (exact) mass is 435 g/mol. The SMILES string of the molecule is CCC(=O)OC1(CCC[N+](C)(C)C)C2CC3CC(C2)CC1C3.[I-]. The number of rotatable bonds is 6. The van der Waals surface area contributed by atoms with Crippen LogP contribution >= 0.6 is 0 Å². The number of ether oxygens (including phenoxy) is 1. The van der Waals surface area contributed by atoms with E-state index in [0.717, 1.165) is 29.3 Å².